The van der Waals surface area contributed by atoms with Crippen LogP contribution in [0.1, 0.15) is 25.8 Å². The maximum atomic E-state index is 13.0. The maximum absolute atomic E-state index is 13.0. The molecule has 0 saturated carbocycles. The molecule has 4 heteroatoms. The second-order valence-electron chi connectivity index (χ2n) is 4.22. The smallest absolute Gasteiger partial charge is 0.224 e. The van der Waals surface area contributed by atoms with Crippen molar-refractivity contribution < 1.29 is 9.18 Å². The molecule has 1 rings (SSSR count). The van der Waals surface area contributed by atoms with Crippen LogP contribution >= 0.6 is 0 Å². The maximum Gasteiger partial charge on any atom is 0.224 e. The fourth-order valence-corrected chi connectivity index (χ4v) is 1.64. The molecular weight excluding hydrogens is 219 g/mol. The van der Waals surface area contributed by atoms with Crippen molar-refractivity contribution in [2.75, 3.05) is 6.54 Å². The van der Waals surface area contributed by atoms with Crippen LogP contribution in [0.3, 0.4) is 0 Å². The van der Waals surface area contributed by atoms with E-state index in [1.165, 1.54) is 12.1 Å². The van der Waals surface area contributed by atoms with Gasteiger partial charge in [-0.1, -0.05) is 12.1 Å². The van der Waals surface area contributed by atoms with Crippen molar-refractivity contribution in [2.45, 2.75) is 32.9 Å². The predicted molar refractivity (Wildman–Crippen MR) is 65.8 cm³/mol. The van der Waals surface area contributed by atoms with Crippen LogP contribution in [0.15, 0.2) is 24.3 Å². The third-order valence-electron chi connectivity index (χ3n) is 2.49. The van der Waals surface area contributed by atoms with Gasteiger partial charge in [-0.2, -0.15) is 0 Å². The van der Waals surface area contributed by atoms with Gasteiger partial charge in [0.25, 0.3) is 0 Å². The predicted octanol–water partition coefficient (Wildman–Crippen LogP) is 1.91. The largest absolute Gasteiger partial charge is 0.339 e. The number of benzene rings is 1. The van der Waals surface area contributed by atoms with E-state index in [0.717, 1.165) is 5.56 Å². The third-order valence-corrected chi connectivity index (χ3v) is 2.49. The fourth-order valence-electron chi connectivity index (χ4n) is 1.64. The van der Waals surface area contributed by atoms with Gasteiger partial charge in [0.05, 0.1) is 0 Å². The van der Waals surface area contributed by atoms with Crippen LogP contribution in [0.4, 0.5) is 4.39 Å². The van der Waals surface area contributed by atoms with Gasteiger partial charge in [-0.3, -0.25) is 4.79 Å². The Morgan fingerprint density at radius 1 is 1.53 bits per heavy atom. The van der Waals surface area contributed by atoms with Crippen LogP contribution < -0.4 is 5.73 Å². The van der Waals surface area contributed by atoms with Gasteiger partial charge >= 0.3 is 0 Å². The van der Waals surface area contributed by atoms with Crippen LogP contribution in [0, 0.1) is 5.82 Å². The molecule has 0 fully saturated rings. The van der Waals surface area contributed by atoms with Crippen LogP contribution in [0.5, 0.6) is 0 Å². The monoisotopic (exact) mass is 238 g/mol. The number of hydrogen-bond donors (Lipinski definition) is 1. The molecule has 1 amide bonds. The van der Waals surface area contributed by atoms with Crippen molar-refractivity contribution in [3.8, 4) is 0 Å². The molecule has 0 radical (unpaired) electrons. The van der Waals surface area contributed by atoms with Crippen molar-refractivity contribution in [1.82, 2.24) is 4.90 Å². The summed E-state index contributed by atoms with van der Waals surface area (Å²) in [5, 5.41) is 0. The molecule has 1 atom stereocenters. The summed E-state index contributed by atoms with van der Waals surface area (Å²) in [5.74, 6) is -0.273. The zero-order valence-electron chi connectivity index (χ0n) is 10.3. The molecule has 0 aromatic heterocycles. The second-order valence-corrected chi connectivity index (χ2v) is 4.22. The normalized spacial score (nSPS) is 12.2. The van der Waals surface area contributed by atoms with E-state index in [2.05, 4.69) is 0 Å². The van der Waals surface area contributed by atoms with Crippen LogP contribution in [-0.4, -0.2) is 23.4 Å². The highest BCUT2D eigenvalue weighted by Gasteiger charge is 2.13. The van der Waals surface area contributed by atoms with E-state index >= 15 is 0 Å². The van der Waals surface area contributed by atoms with E-state index in [-0.39, 0.29) is 17.8 Å². The molecule has 1 aromatic rings. The molecule has 1 unspecified atom stereocenters. The number of nitrogens with zero attached hydrogens (tertiary/aromatic N) is 1. The third kappa shape index (κ3) is 4.53. The Bertz CT molecular complexity index is 379. The first-order valence-electron chi connectivity index (χ1n) is 5.80. The summed E-state index contributed by atoms with van der Waals surface area (Å²) in [6.45, 7) is 4.73. The first kappa shape index (κ1) is 13.6. The highest BCUT2D eigenvalue weighted by Crippen LogP contribution is 2.08. The summed E-state index contributed by atoms with van der Waals surface area (Å²) in [7, 11) is 0. The van der Waals surface area contributed by atoms with E-state index in [4.69, 9.17) is 5.73 Å². The number of rotatable bonds is 5. The zero-order valence-corrected chi connectivity index (χ0v) is 10.3. The minimum Gasteiger partial charge on any atom is -0.339 e. The Balaban J connectivity index is 2.66. The summed E-state index contributed by atoms with van der Waals surface area (Å²) < 4.78 is 13.0. The van der Waals surface area contributed by atoms with Gasteiger partial charge in [-0.15, -0.1) is 0 Å². The zero-order chi connectivity index (χ0) is 12.8. The highest BCUT2D eigenvalue weighted by molar-refractivity contribution is 5.76. The minimum absolute atomic E-state index is 0.00626. The van der Waals surface area contributed by atoms with E-state index in [1.54, 1.807) is 17.9 Å². The van der Waals surface area contributed by atoms with E-state index in [0.29, 0.717) is 19.5 Å². The topological polar surface area (TPSA) is 46.3 Å². The van der Waals surface area contributed by atoms with Gasteiger partial charge in [-0.25, -0.2) is 4.39 Å². The molecule has 94 valence electrons. The number of halogens is 1. The van der Waals surface area contributed by atoms with Gasteiger partial charge in [0.15, 0.2) is 0 Å². The van der Waals surface area contributed by atoms with Gasteiger partial charge in [0.2, 0.25) is 5.91 Å². The molecule has 3 nitrogen and oxygen atoms in total. The number of hydrogen-bond acceptors (Lipinski definition) is 2. The summed E-state index contributed by atoms with van der Waals surface area (Å²) >= 11 is 0. The Labute approximate surface area is 101 Å². The molecule has 17 heavy (non-hydrogen) atoms. The average Bonchev–Trinajstić information content (AvgIpc) is 2.24. The van der Waals surface area contributed by atoms with Gasteiger partial charge in [0, 0.05) is 25.6 Å². The Morgan fingerprint density at radius 2 is 2.24 bits per heavy atom. The SMILES string of the molecule is CCN(Cc1cccc(F)c1)C(=O)CC(C)N. The lowest BCUT2D eigenvalue weighted by molar-refractivity contribution is -0.131. The summed E-state index contributed by atoms with van der Waals surface area (Å²) in [5.41, 5.74) is 6.39. The second kappa shape index (κ2) is 6.35. The summed E-state index contributed by atoms with van der Waals surface area (Å²) in [6.07, 6.45) is 0.323. The fraction of sp³-hybridized carbons (Fsp3) is 0.462. The first-order valence-corrected chi connectivity index (χ1v) is 5.80. The number of amides is 1. The van der Waals surface area contributed by atoms with Gasteiger partial charge in [-0.05, 0) is 31.5 Å². The van der Waals surface area contributed by atoms with Crippen molar-refractivity contribution in [3.05, 3.63) is 35.6 Å². The Morgan fingerprint density at radius 3 is 2.76 bits per heavy atom. The number of nitrogens with two attached hydrogens (primary N) is 1. The molecule has 0 aliphatic heterocycles. The lowest BCUT2D eigenvalue weighted by Gasteiger charge is -2.22. The number of carbonyl (C=O) groups is 1. The average molecular weight is 238 g/mol. The van der Waals surface area contributed by atoms with Crippen molar-refractivity contribution >= 4 is 5.91 Å². The van der Waals surface area contributed by atoms with Crippen molar-refractivity contribution in [1.29, 1.82) is 0 Å². The molecule has 2 N–H and O–H groups in total. The van der Waals surface area contributed by atoms with E-state index < -0.39 is 0 Å². The Kier molecular flexibility index (Phi) is 5.10. The Hall–Kier alpha value is -1.42. The molecule has 0 spiro atoms. The molecule has 0 aliphatic carbocycles. The quantitative estimate of drug-likeness (QED) is 0.851. The first-order chi connectivity index (χ1) is 8.02. The molecule has 0 bridgehead atoms. The summed E-state index contributed by atoms with van der Waals surface area (Å²) in [4.78, 5) is 13.5. The van der Waals surface area contributed by atoms with Gasteiger partial charge < -0.3 is 10.6 Å². The highest BCUT2D eigenvalue weighted by atomic mass is 19.1. The molecule has 0 heterocycles. The van der Waals surface area contributed by atoms with E-state index in [9.17, 15) is 9.18 Å². The number of carbonyl (C=O) groups excluding carboxylic acids is 1. The summed E-state index contributed by atoms with van der Waals surface area (Å²) in [6, 6.07) is 6.15. The van der Waals surface area contributed by atoms with E-state index in [1.807, 2.05) is 13.0 Å². The molecule has 0 saturated heterocycles. The van der Waals surface area contributed by atoms with Crippen molar-refractivity contribution in [3.63, 3.8) is 0 Å². The lowest BCUT2D eigenvalue weighted by atomic mass is 10.2. The van der Waals surface area contributed by atoms with Crippen LogP contribution in [-0.2, 0) is 11.3 Å². The standard InChI is InChI=1S/C13H19FN2O/c1-3-16(13(17)7-10(2)15)9-11-5-4-6-12(14)8-11/h4-6,8,10H,3,7,9,15H2,1-2H3. The lowest BCUT2D eigenvalue weighted by Crippen LogP contribution is -2.34. The molecule has 1 aromatic carbocycles. The van der Waals surface area contributed by atoms with Crippen LogP contribution in [0.25, 0.3) is 0 Å². The van der Waals surface area contributed by atoms with Crippen molar-refractivity contribution in [2.24, 2.45) is 5.73 Å². The van der Waals surface area contributed by atoms with Gasteiger partial charge in [0.1, 0.15) is 5.82 Å². The molecule has 0 aliphatic rings. The molecular formula is C13H19FN2O. The van der Waals surface area contributed by atoms with Crippen LogP contribution in [0.2, 0.25) is 0 Å². The minimum atomic E-state index is -0.279.